The molecule has 14 heavy (non-hydrogen) atoms. The maximum atomic E-state index is 13.6. The number of rotatable bonds is 1. The third-order valence-corrected chi connectivity index (χ3v) is 1.68. The molecule has 7 nitrogen and oxygen atoms in total. The van der Waals surface area contributed by atoms with Gasteiger partial charge in [-0.3, -0.25) is 10.1 Å². The number of alkyl halides is 1. The summed E-state index contributed by atoms with van der Waals surface area (Å²) in [4.78, 5) is 32.3. The molecule has 78 valence electrons. The summed E-state index contributed by atoms with van der Waals surface area (Å²) in [6.45, 7) is 0. The molecule has 0 spiro atoms. The molecule has 0 aliphatic carbocycles. The van der Waals surface area contributed by atoms with Gasteiger partial charge in [0, 0.05) is 0 Å². The molecule has 1 rings (SSSR count). The van der Waals surface area contributed by atoms with E-state index in [0.29, 0.717) is 0 Å². The van der Waals surface area contributed by atoms with Crippen LogP contribution in [0.2, 0.25) is 0 Å². The van der Waals surface area contributed by atoms with Crippen molar-refractivity contribution < 1.29 is 28.6 Å². The third kappa shape index (κ3) is 1.29. The summed E-state index contributed by atoms with van der Waals surface area (Å²) < 4.78 is 17.6. The van der Waals surface area contributed by atoms with E-state index in [1.54, 1.807) is 5.32 Å². The summed E-state index contributed by atoms with van der Waals surface area (Å²) in [6.07, 6.45) is -2.25. The molecule has 3 amide bonds. The second-order valence-corrected chi connectivity index (χ2v) is 2.53. The quantitative estimate of drug-likeness (QED) is 0.341. The van der Waals surface area contributed by atoms with E-state index in [1.165, 1.54) is 5.32 Å². The average Bonchev–Trinajstić information content (AvgIpc) is 2.12. The third-order valence-electron chi connectivity index (χ3n) is 1.68. The lowest BCUT2D eigenvalue weighted by Gasteiger charge is -2.30. The Hall–Kier alpha value is -1.70. The number of aliphatic hydroxyl groups is 1. The lowest BCUT2D eigenvalue weighted by Crippen LogP contribution is -2.70. The Kier molecular flexibility index (Phi) is 2.39. The molecule has 1 aliphatic rings. The minimum atomic E-state index is -3.30. The van der Waals surface area contributed by atoms with Crippen LogP contribution in [0.3, 0.4) is 0 Å². The normalized spacial score (nSPS) is 31.8. The number of methoxy groups -OCH3 is 1. The highest BCUT2D eigenvalue weighted by Gasteiger charge is 2.58. The maximum Gasteiger partial charge on any atom is 0.358 e. The number of halogens is 1. The number of esters is 1. The molecule has 0 saturated carbocycles. The van der Waals surface area contributed by atoms with Crippen LogP contribution in [0.15, 0.2) is 0 Å². The minimum absolute atomic E-state index is 0.847. The Morgan fingerprint density at radius 2 is 2.21 bits per heavy atom. The Morgan fingerprint density at radius 1 is 1.64 bits per heavy atom. The summed E-state index contributed by atoms with van der Waals surface area (Å²) in [5, 5.41) is 12.1. The van der Waals surface area contributed by atoms with Crippen LogP contribution in [0, 0.1) is 0 Å². The van der Waals surface area contributed by atoms with E-state index in [1.807, 2.05) is 0 Å². The first-order valence-corrected chi connectivity index (χ1v) is 3.50. The van der Waals surface area contributed by atoms with Crippen LogP contribution in [0.25, 0.3) is 0 Å². The first-order chi connectivity index (χ1) is 6.42. The number of carbonyl (C=O) groups excluding carboxylic acids is 3. The van der Waals surface area contributed by atoms with Gasteiger partial charge in [0.2, 0.25) is 0 Å². The molecule has 0 radical (unpaired) electrons. The molecule has 1 heterocycles. The number of imide groups is 1. The van der Waals surface area contributed by atoms with Gasteiger partial charge in [-0.25, -0.2) is 14.0 Å². The number of ether oxygens (including phenoxy) is 1. The first-order valence-electron chi connectivity index (χ1n) is 3.50. The van der Waals surface area contributed by atoms with Crippen molar-refractivity contribution in [3.05, 3.63) is 0 Å². The van der Waals surface area contributed by atoms with E-state index >= 15 is 0 Å². The molecular weight excluding hydrogens is 199 g/mol. The maximum absolute atomic E-state index is 13.6. The first kappa shape index (κ1) is 10.4. The largest absolute Gasteiger partial charge is 0.466 e. The number of hydrogen-bond donors (Lipinski definition) is 3. The van der Waals surface area contributed by atoms with Crippen molar-refractivity contribution >= 4 is 17.9 Å². The van der Waals surface area contributed by atoms with Crippen LogP contribution < -0.4 is 10.6 Å². The van der Waals surface area contributed by atoms with Gasteiger partial charge in [-0.1, -0.05) is 0 Å². The lowest BCUT2D eigenvalue weighted by molar-refractivity contribution is -0.172. The van der Waals surface area contributed by atoms with Gasteiger partial charge in [-0.2, -0.15) is 0 Å². The van der Waals surface area contributed by atoms with Crippen molar-refractivity contribution in [3.63, 3.8) is 0 Å². The smallest absolute Gasteiger partial charge is 0.358 e. The zero-order chi connectivity index (χ0) is 10.9. The van der Waals surface area contributed by atoms with E-state index in [9.17, 15) is 18.8 Å². The van der Waals surface area contributed by atoms with E-state index in [4.69, 9.17) is 5.11 Å². The van der Waals surface area contributed by atoms with Crippen molar-refractivity contribution in [1.29, 1.82) is 0 Å². The molecule has 1 aliphatic heterocycles. The summed E-state index contributed by atoms with van der Waals surface area (Å²) >= 11 is 0. The molecule has 1 fully saturated rings. The van der Waals surface area contributed by atoms with E-state index in [0.717, 1.165) is 7.11 Å². The highest BCUT2D eigenvalue weighted by Crippen LogP contribution is 2.20. The number of carbonyl (C=O) groups is 3. The summed E-state index contributed by atoms with van der Waals surface area (Å²) in [6, 6.07) is -1.08. The molecule has 0 unspecified atom stereocenters. The van der Waals surface area contributed by atoms with Crippen LogP contribution >= 0.6 is 0 Å². The van der Waals surface area contributed by atoms with Gasteiger partial charge in [0.25, 0.3) is 5.91 Å². The molecule has 0 aromatic carbocycles. The fourth-order valence-corrected chi connectivity index (χ4v) is 0.931. The van der Waals surface area contributed by atoms with Crippen LogP contribution in [0.1, 0.15) is 0 Å². The number of nitrogens with one attached hydrogen (secondary N) is 2. The fraction of sp³-hybridized carbons (Fsp3) is 0.500. The zero-order valence-electron chi connectivity index (χ0n) is 7.04. The van der Waals surface area contributed by atoms with Gasteiger partial charge in [0.15, 0.2) is 6.23 Å². The SMILES string of the molecule is COC(=O)[C@@]1(F)C(=O)NC(=O)N[C@H]1O. The van der Waals surface area contributed by atoms with Crippen LogP contribution in [0.4, 0.5) is 9.18 Å². The standard InChI is InChI=1S/C6H7FN2O5/c1-14-4(12)6(7)2(10)8-5(13)9-3(6)11/h2,10H,1H3,(H2,8,9,11,13)/t2-,6-/m0/s1. The van der Waals surface area contributed by atoms with Crippen LogP contribution in [-0.2, 0) is 14.3 Å². The number of urea groups is 1. The lowest BCUT2D eigenvalue weighted by atomic mass is 10.0. The van der Waals surface area contributed by atoms with Gasteiger partial charge in [0.05, 0.1) is 7.11 Å². The Labute approximate surface area is 77.2 Å². The number of aliphatic hydroxyl groups excluding tert-OH is 1. The van der Waals surface area contributed by atoms with E-state index < -0.39 is 29.8 Å². The molecule has 1 saturated heterocycles. The molecule has 0 aromatic rings. The van der Waals surface area contributed by atoms with E-state index in [2.05, 4.69) is 4.74 Å². The Morgan fingerprint density at radius 3 is 2.64 bits per heavy atom. The molecule has 3 N–H and O–H groups in total. The van der Waals surface area contributed by atoms with Crippen molar-refractivity contribution in [2.75, 3.05) is 7.11 Å². The van der Waals surface area contributed by atoms with Crippen molar-refractivity contribution in [1.82, 2.24) is 10.6 Å². The molecule has 0 bridgehead atoms. The fourth-order valence-electron chi connectivity index (χ4n) is 0.931. The molecule has 0 aromatic heterocycles. The Bertz CT molecular complexity index is 307. The second kappa shape index (κ2) is 3.22. The van der Waals surface area contributed by atoms with Crippen LogP contribution in [0.5, 0.6) is 0 Å². The van der Waals surface area contributed by atoms with Crippen molar-refractivity contribution in [2.24, 2.45) is 0 Å². The number of hydrogen-bond acceptors (Lipinski definition) is 5. The zero-order valence-corrected chi connectivity index (χ0v) is 7.04. The molecular formula is C6H7FN2O5. The van der Waals surface area contributed by atoms with E-state index in [-0.39, 0.29) is 0 Å². The summed E-state index contributed by atoms with van der Waals surface area (Å²) in [5.74, 6) is -3.14. The van der Waals surface area contributed by atoms with Gasteiger partial charge in [-0.15, -0.1) is 0 Å². The topological polar surface area (TPSA) is 105 Å². The predicted molar refractivity (Wildman–Crippen MR) is 38.5 cm³/mol. The molecule has 8 heteroatoms. The van der Waals surface area contributed by atoms with Gasteiger partial charge in [0.1, 0.15) is 0 Å². The number of amides is 3. The average molecular weight is 206 g/mol. The van der Waals surface area contributed by atoms with Gasteiger partial charge < -0.3 is 15.2 Å². The summed E-state index contributed by atoms with van der Waals surface area (Å²) in [5.41, 5.74) is -3.30. The highest BCUT2D eigenvalue weighted by molar-refractivity contribution is 6.13. The monoisotopic (exact) mass is 206 g/mol. The van der Waals surface area contributed by atoms with Crippen molar-refractivity contribution in [3.8, 4) is 0 Å². The van der Waals surface area contributed by atoms with Crippen molar-refractivity contribution in [2.45, 2.75) is 11.9 Å². The summed E-state index contributed by atoms with van der Waals surface area (Å²) in [7, 11) is 0.847. The Balaban J connectivity index is 3.01. The van der Waals surface area contributed by atoms with Gasteiger partial charge >= 0.3 is 17.7 Å². The predicted octanol–water partition coefficient (Wildman–Crippen LogP) is -1.97. The van der Waals surface area contributed by atoms with Crippen LogP contribution in [-0.4, -0.2) is 42.0 Å². The highest BCUT2D eigenvalue weighted by atomic mass is 19.1. The van der Waals surface area contributed by atoms with Gasteiger partial charge in [-0.05, 0) is 0 Å². The molecule has 2 atom stereocenters. The second-order valence-electron chi connectivity index (χ2n) is 2.53. The minimum Gasteiger partial charge on any atom is -0.466 e.